The quantitative estimate of drug-likeness (QED) is 0.538. The number of carbonyl (C=O) groups excluding carboxylic acids is 1. The molecule has 5 rings (SSSR count). The van der Waals surface area contributed by atoms with E-state index in [9.17, 15) is 14.3 Å². The third kappa shape index (κ3) is 2.70. The van der Waals surface area contributed by atoms with E-state index < -0.39 is 5.82 Å². The summed E-state index contributed by atoms with van der Waals surface area (Å²) in [6.07, 6.45) is 3.96. The number of fused-ring (bicyclic) bond motifs is 5. The fraction of sp³-hybridized carbons (Fsp3) is 0.375. The Bertz CT molecular complexity index is 1070. The average molecular weight is 431 g/mol. The van der Waals surface area contributed by atoms with Gasteiger partial charge in [-0.25, -0.2) is 4.39 Å². The lowest BCUT2D eigenvalue weighted by Gasteiger charge is -2.23. The number of aryl methyl sites for hydroxylation is 1. The molecule has 0 aromatic heterocycles. The first kappa shape index (κ1) is 19.1. The first-order chi connectivity index (χ1) is 13.9. The molecule has 2 fully saturated rings. The minimum Gasteiger partial charge on any atom is -0.511 e. The molecule has 1 N–H and O–H groups in total. The zero-order valence-electron chi connectivity index (χ0n) is 16.0. The average Bonchev–Trinajstić information content (AvgIpc) is 3.40. The van der Waals surface area contributed by atoms with Gasteiger partial charge in [0, 0.05) is 17.4 Å². The second-order valence-electron chi connectivity index (χ2n) is 8.46. The summed E-state index contributed by atoms with van der Waals surface area (Å²) in [6, 6.07) is 8.82. The standard InChI is InChI=1S/C24H21Cl2FO2/c1-2-11-3-4-12(15-7-8-17(25)22(27)21(15)26)10-16(11)20-23(28)18-13-5-6-14(9-13)19(18)24(20)29/h3-4,7-8,10,13-14,18-19,28H,2,5-6,9H2,1H3/t13-,14+,18-,19+/m1/s1. The number of aliphatic hydroxyl groups is 1. The van der Waals surface area contributed by atoms with Crippen LogP contribution in [0.4, 0.5) is 4.39 Å². The molecule has 0 unspecified atom stereocenters. The van der Waals surface area contributed by atoms with Crippen LogP contribution in [-0.2, 0) is 11.2 Å². The molecule has 2 aromatic rings. The number of aliphatic hydroxyl groups excluding tert-OH is 1. The molecule has 2 nitrogen and oxygen atoms in total. The maximum Gasteiger partial charge on any atom is 0.170 e. The van der Waals surface area contributed by atoms with Gasteiger partial charge in [0.15, 0.2) is 11.6 Å². The van der Waals surface area contributed by atoms with Gasteiger partial charge in [0.25, 0.3) is 0 Å². The maximum absolute atomic E-state index is 14.2. The molecular formula is C24H21Cl2FO2. The molecule has 2 saturated carbocycles. The van der Waals surface area contributed by atoms with Gasteiger partial charge in [-0.05, 0) is 66.3 Å². The van der Waals surface area contributed by atoms with Gasteiger partial charge in [0.2, 0.25) is 0 Å². The molecule has 0 radical (unpaired) electrons. The largest absolute Gasteiger partial charge is 0.511 e. The summed E-state index contributed by atoms with van der Waals surface area (Å²) in [5.74, 6) is 0.379. The predicted molar refractivity (Wildman–Crippen MR) is 114 cm³/mol. The normalized spacial score (nSPS) is 27.8. The minimum absolute atomic E-state index is 0.0267. The van der Waals surface area contributed by atoms with E-state index in [1.807, 2.05) is 25.1 Å². The lowest BCUT2D eigenvalue weighted by molar-refractivity contribution is -0.118. The zero-order chi connectivity index (χ0) is 20.4. The third-order valence-electron chi connectivity index (χ3n) is 7.14. The second-order valence-corrected chi connectivity index (χ2v) is 9.24. The van der Waals surface area contributed by atoms with Gasteiger partial charge in [0.05, 0.1) is 15.6 Å². The molecule has 0 spiro atoms. The molecule has 2 bridgehead atoms. The third-order valence-corrected chi connectivity index (χ3v) is 7.81. The van der Waals surface area contributed by atoms with Crippen molar-refractivity contribution in [3.8, 4) is 11.1 Å². The number of ketones is 1. The molecule has 4 atom stereocenters. The molecule has 0 amide bonds. The molecule has 29 heavy (non-hydrogen) atoms. The van der Waals surface area contributed by atoms with Gasteiger partial charge in [-0.15, -0.1) is 0 Å². The Hall–Kier alpha value is -1.84. The van der Waals surface area contributed by atoms with Crippen LogP contribution < -0.4 is 0 Å². The second kappa shape index (κ2) is 6.85. The van der Waals surface area contributed by atoms with Crippen LogP contribution in [0.25, 0.3) is 16.7 Å². The first-order valence-electron chi connectivity index (χ1n) is 10.2. The molecule has 3 aliphatic rings. The number of Topliss-reactive ketones (excluding diaryl/α,β-unsaturated/α-hetero) is 1. The highest BCUT2D eigenvalue weighted by atomic mass is 35.5. The lowest BCUT2D eigenvalue weighted by Crippen LogP contribution is -2.24. The van der Waals surface area contributed by atoms with Crippen LogP contribution in [0.3, 0.4) is 0 Å². The van der Waals surface area contributed by atoms with E-state index >= 15 is 0 Å². The van der Waals surface area contributed by atoms with Gasteiger partial charge in [0.1, 0.15) is 5.76 Å². The summed E-state index contributed by atoms with van der Waals surface area (Å²) in [6.45, 7) is 2.02. The highest BCUT2D eigenvalue weighted by Crippen LogP contribution is 2.60. The number of hydrogen-bond acceptors (Lipinski definition) is 2. The van der Waals surface area contributed by atoms with Crippen LogP contribution in [0.2, 0.25) is 10.0 Å². The van der Waals surface area contributed by atoms with E-state index in [2.05, 4.69) is 0 Å². The number of allylic oxidation sites excluding steroid dienone is 2. The van der Waals surface area contributed by atoms with Crippen molar-refractivity contribution < 1.29 is 14.3 Å². The topological polar surface area (TPSA) is 37.3 Å². The summed E-state index contributed by atoms with van der Waals surface area (Å²) in [7, 11) is 0. The monoisotopic (exact) mass is 430 g/mol. The fourth-order valence-electron chi connectivity index (χ4n) is 5.83. The first-order valence-corrected chi connectivity index (χ1v) is 10.9. The summed E-state index contributed by atoms with van der Waals surface area (Å²) in [5.41, 5.74) is 3.41. The van der Waals surface area contributed by atoms with Gasteiger partial charge in [-0.2, -0.15) is 0 Å². The van der Waals surface area contributed by atoms with Crippen molar-refractivity contribution in [2.24, 2.45) is 23.7 Å². The number of hydrogen-bond donors (Lipinski definition) is 1. The number of rotatable bonds is 3. The van der Waals surface area contributed by atoms with E-state index in [1.165, 1.54) is 6.07 Å². The Morgan fingerprint density at radius 2 is 1.79 bits per heavy atom. The van der Waals surface area contributed by atoms with Crippen LogP contribution in [0, 0.1) is 29.5 Å². The zero-order valence-corrected chi connectivity index (χ0v) is 17.5. The summed E-state index contributed by atoms with van der Waals surface area (Å²) < 4.78 is 14.2. The van der Waals surface area contributed by atoms with Crippen molar-refractivity contribution >= 4 is 34.6 Å². The highest BCUT2D eigenvalue weighted by molar-refractivity contribution is 6.36. The molecule has 5 heteroatoms. The smallest absolute Gasteiger partial charge is 0.170 e. The van der Waals surface area contributed by atoms with E-state index in [4.69, 9.17) is 23.2 Å². The van der Waals surface area contributed by atoms with Crippen LogP contribution >= 0.6 is 23.2 Å². The van der Waals surface area contributed by atoms with E-state index in [-0.39, 0.29) is 33.4 Å². The molecule has 3 aliphatic carbocycles. The van der Waals surface area contributed by atoms with Gasteiger partial charge in [-0.3, -0.25) is 4.79 Å². The van der Waals surface area contributed by atoms with E-state index in [0.29, 0.717) is 28.5 Å². The van der Waals surface area contributed by atoms with Crippen molar-refractivity contribution in [1.29, 1.82) is 0 Å². The van der Waals surface area contributed by atoms with E-state index in [0.717, 1.165) is 36.8 Å². The Kier molecular flexibility index (Phi) is 4.52. The Balaban J connectivity index is 1.65. The number of benzene rings is 2. The summed E-state index contributed by atoms with van der Waals surface area (Å²) in [5, 5.41) is 11.0. The predicted octanol–water partition coefficient (Wildman–Crippen LogP) is 6.88. The van der Waals surface area contributed by atoms with Crippen LogP contribution in [0.1, 0.15) is 37.3 Å². The molecule has 0 saturated heterocycles. The van der Waals surface area contributed by atoms with Crippen LogP contribution in [0.15, 0.2) is 36.1 Å². The molecule has 0 heterocycles. The Labute approximate surface area is 179 Å². The lowest BCUT2D eigenvalue weighted by atomic mass is 9.80. The fourth-order valence-corrected chi connectivity index (χ4v) is 6.31. The Morgan fingerprint density at radius 3 is 2.48 bits per heavy atom. The van der Waals surface area contributed by atoms with Crippen molar-refractivity contribution in [3.05, 3.63) is 63.1 Å². The van der Waals surface area contributed by atoms with Crippen LogP contribution in [-0.4, -0.2) is 10.9 Å². The highest BCUT2D eigenvalue weighted by Gasteiger charge is 2.57. The summed E-state index contributed by atoms with van der Waals surface area (Å²) in [4.78, 5) is 13.3. The van der Waals surface area contributed by atoms with Gasteiger partial charge < -0.3 is 5.11 Å². The molecule has 0 aliphatic heterocycles. The molecular weight excluding hydrogens is 410 g/mol. The van der Waals surface area contributed by atoms with Gasteiger partial charge in [-0.1, -0.05) is 48.3 Å². The molecule has 150 valence electrons. The van der Waals surface area contributed by atoms with Crippen molar-refractivity contribution in [3.63, 3.8) is 0 Å². The van der Waals surface area contributed by atoms with Crippen LogP contribution in [0.5, 0.6) is 0 Å². The molecule has 2 aromatic carbocycles. The minimum atomic E-state index is -0.655. The maximum atomic E-state index is 14.2. The number of carbonyl (C=O) groups is 1. The van der Waals surface area contributed by atoms with Crippen molar-refractivity contribution in [2.45, 2.75) is 32.6 Å². The summed E-state index contributed by atoms with van der Waals surface area (Å²) >= 11 is 12.0. The van der Waals surface area contributed by atoms with Crippen molar-refractivity contribution in [2.75, 3.05) is 0 Å². The number of halogens is 3. The van der Waals surface area contributed by atoms with E-state index in [1.54, 1.807) is 6.07 Å². The Morgan fingerprint density at radius 1 is 1.07 bits per heavy atom. The SMILES string of the molecule is CCc1ccc(-c2ccc(Cl)c(F)c2Cl)cc1C1=C(O)[C@@H]2[C@@H]3CC[C@@H](C3)[C@@H]2C1=O. The van der Waals surface area contributed by atoms with Crippen molar-refractivity contribution in [1.82, 2.24) is 0 Å². The van der Waals surface area contributed by atoms with Gasteiger partial charge >= 0.3 is 0 Å².